The Balaban J connectivity index is 2.06. The molecule has 7 heteroatoms. The fourth-order valence-electron chi connectivity index (χ4n) is 3.10. The Morgan fingerprint density at radius 3 is 2.26 bits per heavy atom. The van der Waals surface area contributed by atoms with Crippen LogP contribution in [0.15, 0.2) is 24.3 Å². The van der Waals surface area contributed by atoms with Crippen LogP contribution >= 0.6 is 11.6 Å². The van der Waals surface area contributed by atoms with E-state index in [1.54, 1.807) is 0 Å². The highest BCUT2D eigenvalue weighted by Gasteiger charge is 2.60. The minimum atomic E-state index is -1.37. The molecule has 23 heavy (non-hydrogen) atoms. The highest BCUT2D eigenvalue weighted by atomic mass is 35.5. The summed E-state index contributed by atoms with van der Waals surface area (Å²) in [6.45, 7) is 0. The van der Waals surface area contributed by atoms with Crippen molar-refractivity contribution in [3.8, 4) is 0 Å². The molecule has 1 aliphatic heterocycles. The minimum Gasteiger partial charge on any atom is -0.467 e. The van der Waals surface area contributed by atoms with E-state index in [2.05, 4.69) is 0 Å². The second-order valence-electron chi connectivity index (χ2n) is 5.45. The Morgan fingerprint density at radius 2 is 1.70 bits per heavy atom. The zero-order chi connectivity index (χ0) is 16.6. The van der Waals surface area contributed by atoms with Crippen molar-refractivity contribution in [1.29, 1.82) is 0 Å². The summed E-state index contributed by atoms with van der Waals surface area (Å²) in [6, 6.07) is 7.52. The van der Waals surface area contributed by atoms with Crippen LogP contribution in [0.25, 0.3) is 0 Å². The third-order valence-corrected chi connectivity index (χ3v) is 4.72. The highest BCUT2D eigenvalue weighted by molar-refractivity contribution is 6.21. The van der Waals surface area contributed by atoms with E-state index in [4.69, 9.17) is 30.5 Å². The van der Waals surface area contributed by atoms with Gasteiger partial charge in [-0.2, -0.15) is 0 Å². The van der Waals surface area contributed by atoms with Crippen LogP contribution in [0.5, 0.6) is 0 Å². The van der Waals surface area contributed by atoms with Crippen LogP contribution in [0.2, 0.25) is 0 Å². The van der Waals surface area contributed by atoms with Crippen molar-refractivity contribution >= 4 is 23.5 Å². The number of carbonyl (C=O) groups is 2. The number of fused-ring (bicyclic) bond motifs is 2. The summed E-state index contributed by atoms with van der Waals surface area (Å²) in [5, 5.41) is -0.542. The van der Waals surface area contributed by atoms with Gasteiger partial charge in [0.25, 0.3) is 0 Å². The topological polar surface area (TPSA) is 71.1 Å². The second kappa shape index (κ2) is 6.11. The van der Waals surface area contributed by atoms with Crippen LogP contribution in [-0.4, -0.2) is 43.7 Å². The van der Waals surface area contributed by atoms with Gasteiger partial charge < -0.3 is 18.9 Å². The maximum absolute atomic E-state index is 12.0. The molecule has 3 atom stereocenters. The predicted octanol–water partition coefficient (Wildman–Crippen LogP) is 1.52. The van der Waals surface area contributed by atoms with Crippen molar-refractivity contribution in [2.24, 2.45) is 0 Å². The smallest absolute Gasteiger partial charge is 0.338 e. The molecule has 1 fully saturated rings. The molecule has 0 N–H and O–H groups in total. The molecule has 0 aromatic heterocycles. The van der Waals surface area contributed by atoms with Gasteiger partial charge in [0, 0.05) is 5.56 Å². The quantitative estimate of drug-likeness (QED) is 0.600. The summed E-state index contributed by atoms with van der Waals surface area (Å²) in [4.78, 5) is 24.0. The summed E-state index contributed by atoms with van der Waals surface area (Å²) in [6.07, 6.45) is -1.08. The van der Waals surface area contributed by atoms with Gasteiger partial charge in [-0.1, -0.05) is 24.3 Å². The molecule has 6 nitrogen and oxygen atoms in total. The summed E-state index contributed by atoms with van der Waals surface area (Å²) in [7, 11) is 2.44. The van der Waals surface area contributed by atoms with Crippen LogP contribution in [0.3, 0.4) is 0 Å². The lowest BCUT2D eigenvalue weighted by Gasteiger charge is -2.37. The second-order valence-corrected chi connectivity index (χ2v) is 5.98. The van der Waals surface area contributed by atoms with E-state index in [0.717, 1.165) is 17.5 Å². The van der Waals surface area contributed by atoms with E-state index >= 15 is 0 Å². The van der Waals surface area contributed by atoms with Gasteiger partial charge in [-0.25, -0.2) is 9.59 Å². The molecule has 1 aromatic carbocycles. The van der Waals surface area contributed by atoms with Gasteiger partial charge >= 0.3 is 11.9 Å². The number of rotatable bonds is 2. The average Bonchev–Trinajstić information content (AvgIpc) is 2.99. The molecule has 2 aliphatic rings. The van der Waals surface area contributed by atoms with Crippen LogP contribution < -0.4 is 0 Å². The van der Waals surface area contributed by atoms with Crippen molar-refractivity contribution < 1.29 is 28.5 Å². The Morgan fingerprint density at radius 1 is 1.13 bits per heavy atom. The number of carbonyl (C=O) groups excluding carboxylic acids is 2. The van der Waals surface area contributed by atoms with Crippen LogP contribution in [0.1, 0.15) is 17.5 Å². The van der Waals surface area contributed by atoms with E-state index in [9.17, 15) is 9.59 Å². The zero-order valence-corrected chi connectivity index (χ0v) is 13.5. The molecule has 1 aliphatic carbocycles. The zero-order valence-electron chi connectivity index (χ0n) is 12.8. The molecule has 1 saturated heterocycles. The maximum atomic E-state index is 12.0. The van der Waals surface area contributed by atoms with Gasteiger partial charge in [0.05, 0.1) is 19.6 Å². The number of esters is 2. The number of methoxy groups -OCH3 is 2. The van der Waals surface area contributed by atoms with E-state index in [1.807, 2.05) is 24.3 Å². The number of alkyl halides is 1. The molecular weight excluding hydrogens is 324 g/mol. The number of hydrogen-bond acceptors (Lipinski definition) is 6. The van der Waals surface area contributed by atoms with Gasteiger partial charge in [0.15, 0.2) is 12.2 Å². The summed E-state index contributed by atoms with van der Waals surface area (Å²) in [5.41, 5.74) is 1.74. The normalized spacial score (nSPS) is 28.2. The maximum Gasteiger partial charge on any atom is 0.338 e. The standard InChI is InChI=1S/C16H17ClO6/c1-20-14(18)12-13(15(19)21-2)23-16(22-12)10-6-4-3-5-9(10)7-8-11(16)17/h3-6,11-13H,7-8H2,1-2H3/t11-,12-,13-/m1/s1. The lowest BCUT2D eigenvalue weighted by atomic mass is 9.86. The van der Waals surface area contributed by atoms with Crippen molar-refractivity contribution in [3.05, 3.63) is 35.4 Å². The number of hydrogen-bond donors (Lipinski definition) is 0. The first-order valence-corrected chi connectivity index (χ1v) is 7.71. The third kappa shape index (κ3) is 2.51. The molecule has 1 aromatic rings. The number of halogens is 1. The third-order valence-electron chi connectivity index (χ3n) is 4.22. The fourth-order valence-corrected chi connectivity index (χ4v) is 3.43. The molecule has 3 rings (SSSR count). The average molecular weight is 341 g/mol. The molecule has 0 saturated carbocycles. The fraction of sp³-hybridized carbons (Fsp3) is 0.500. The summed E-state index contributed by atoms with van der Waals surface area (Å²) < 4.78 is 21.2. The highest BCUT2D eigenvalue weighted by Crippen LogP contribution is 2.48. The molecular formula is C16H17ClO6. The summed E-state index contributed by atoms with van der Waals surface area (Å²) >= 11 is 6.48. The predicted molar refractivity (Wildman–Crippen MR) is 79.9 cm³/mol. The Labute approximate surface area is 138 Å². The number of benzene rings is 1. The SMILES string of the molecule is COC(=O)[C@@H]1OC2(O[C@H]1C(=O)OC)c1ccccc1CC[C@H]2Cl. The van der Waals surface area contributed by atoms with Crippen molar-refractivity contribution in [1.82, 2.24) is 0 Å². The first-order valence-electron chi connectivity index (χ1n) is 7.27. The molecule has 0 amide bonds. The van der Waals surface area contributed by atoms with E-state index in [0.29, 0.717) is 6.42 Å². The molecule has 0 bridgehead atoms. The van der Waals surface area contributed by atoms with Gasteiger partial charge in [-0.05, 0) is 18.4 Å². The van der Waals surface area contributed by atoms with Gasteiger partial charge in [0.1, 0.15) is 0 Å². The molecule has 0 radical (unpaired) electrons. The Kier molecular flexibility index (Phi) is 4.31. The van der Waals surface area contributed by atoms with Crippen LogP contribution in [0, 0.1) is 0 Å². The monoisotopic (exact) mass is 340 g/mol. The van der Waals surface area contributed by atoms with Gasteiger partial charge in [-0.3, -0.25) is 0 Å². The Hall–Kier alpha value is -1.63. The van der Waals surface area contributed by atoms with E-state index in [-0.39, 0.29) is 0 Å². The Bertz CT molecular complexity index is 607. The summed E-state index contributed by atoms with van der Waals surface area (Å²) in [5.74, 6) is -2.78. The first kappa shape index (κ1) is 16.2. The molecule has 1 spiro atoms. The molecule has 0 unspecified atom stereocenters. The molecule has 124 valence electrons. The number of ether oxygens (including phenoxy) is 4. The van der Waals surface area contributed by atoms with Crippen molar-refractivity contribution in [2.75, 3.05) is 14.2 Å². The molecule has 1 heterocycles. The lowest BCUT2D eigenvalue weighted by molar-refractivity contribution is -0.199. The van der Waals surface area contributed by atoms with E-state index in [1.165, 1.54) is 14.2 Å². The van der Waals surface area contributed by atoms with Crippen molar-refractivity contribution in [2.45, 2.75) is 36.2 Å². The minimum absolute atomic E-state index is 0.542. The largest absolute Gasteiger partial charge is 0.467 e. The van der Waals surface area contributed by atoms with Crippen LogP contribution in [0.4, 0.5) is 0 Å². The van der Waals surface area contributed by atoms with Crippen LogP contribution in [-0.2, 0) is 40.7 Å². The lowest BCUT2D eigenvalue weighted by Crippen LogP contribution is -2.43. The first-order chi connectivity index (χ1) is 11.0. The van der Waals surface area contributed by atoms with Crippen molar-refractivity contribution in [3.63, 3.8) is 0 Å². The number of aryl methyl sites for hydroxylation is 1. The van der Waals surface area contributed by atoms with Gasteiger partial charge in [0.2, 0.25) is 5.79 Å². The van der Waals surface area contributed by atoms with E-state index < -0.39 is 35.3 Å². The van der Waals surface area contributed by atoms with Gasteiger partial charge in [-0.15, -0.1) is 11.6 Å².